The minimum absolute atomic E-state index is 0.183. The van der Waals surface area contributed by atoms with Crippen LogP contribution < -0.4 is 9.80 Å². The second kappa shape index (κ2) is 4.99. The summed E-state index contributed by atoms with van der Waals surface area (Å²) in [5.74, 6) is 2.91. The van der Waals surface area contributed by atoms with Crippen molar-refractivity contribution in [2.75, 3.05) is 38.0 Å². The standard InChI is InChI=1S/C19H20N2O/c1-6-14-15-8-7-12(20(2)3)9-16(15)17-10-13(21(4)5)11-18(22)19(14)17/h1,7-11,14,22H,2-5H3. The Kier molecular flexibility index (Phi) is 3.26. The van der Waals surface area contributed by atoms with E-state index in [2.05, 4.69) is 35.1 Å². The number of terminal acetylenes is 1. The summed E-state index contributed by atoms with van der Waals surface area (Å²) in [6.45, 7) is 0. The second-order valence-electron chi connectivity index (χ2n) is 6.09. The van der Waals surface area contributed by atoms with Crippen molar-refractivity contribution in [2.24, 2.45) is 0 Å². The molecule has 0 fully saturated rings. The maximum Gasteiger partial charge on any atom is 0.123 e. The number of hydrogen-bond donors (Lipinski definition) is 1. The summed E-state index contributed by atoms with van der Waals surface area (Å²) in [4.78, 5) is 4.05. The van der Waals surface area contributed by atoms with Gasteiger partial charge in [-0.1, -0.05) is 12.0 Å². The SMILES string of the molecule is C#CC1c2ccc(N(C)C)cc2-c2cc(N(C)C)cc(O)c21. The molecule has 3 rings (SSSR count). The minimum Gasteiger partial charge on any atom is -0.508 e. The smallest absolute Gasteiger partial charge is 0.123 e. The van der Waals surface area contributed by atoms with Crippen LogP contribution in [0.3, 0.4) is 0 Å². The Hall–Kier alpha value is -2.60. The van der Waals surface area contributed by atoms with Gasteiger partial charge in [0.15, 0.2) is 0 Å². The number of phenolic OH excluding ortho intramolecular Hbond substituents is 1. The van der Waals surface area contributed by atoms with Gasteiger partial charge in [0.1, 0.15) is 5.75 Å². The molecule has 3 nitrogen and oxygen atoms in total. The number of fused-ring (bicyclic) bond motifs is 3. The number of aromatic hydroxyl groups is 1. The molecule has 1 aliphatic rings. The number of phenols is 1. The maximum absolute atomic E-state index is 10.5. The molecular formula is C19H20N2O. The molecule has 0 heterocycles. The Bertz CT molecular complexity index is 785. The van der Waals surface area contributed by atoms with Crippen LogP contribution >= 0.6 is 0 Å². The highest BCUT2D eigenvalue weighted by Gasteiger charge is 2.31. The highest BCUT2D eigenvalue weighted by molar-refractivity contribution is 5.87. The third-order valence-electron chi connectivity index (χ3n) is 4.27. The first kappa shape index (κ1) is 14.3. The van der Waals surface area contributed by atoms with Gasteiger partial charge in [0.25, 0.3) is 0 Å². The minimum atomic E-state index is -0.183. The van der Waals surface area contributed by atoms with Gasteiger partial charge >= 0.3 is 0 Å². The molecule has 3 heteroatoms. The average molecular weight is 292 g/mol. The molecule has 22 heavy (non-hydrogen) atoms. The van der Waals surface area contributed by atoms with Gasteiger partial charge in [-0.25, -0.2) is 0 Å². The Morgan fingerprint density at radius 3 is 2.18 bits per heavy atom. The Morgan fingerprint density at radius 2 is 1.59 bits per heavy atom. The molecule has 2 aromatic rings. The summed E-state index contributed by atoms with van der Waals surface area (Å²) >= 11 is 0. The lowest BCUT2D eigenvalue weighted by molar-refractivity contribution is 0.469. The largest absolute Gasteiger partial charge is 0.508 e. The van der Waals surface area contributed by atoms with Crippen molar-refractivity contribution in [1.29, 1.82) is 0 Å². The van der Waals surface area contributed by atoms with E-state index < -0.39 is 0 Å². The zero-order chi connectivity index (χ0) is 16.0. The van der Waals surface area contributed by atoms with Gasteiger partial charge in [0.2, 0.25) is 0 Å². The van der Waals surface area contributed by atoms with Crippen LogP contribution in [-0.4, -0.2) is 33.3 Å². The number of hydrogen-bond acceptors (Lipinski definition) is 3. The lowest BCUT2D eigenvalue weighted by atomic mass is 9.97. The van der Waals surface area contributed by atoms with Crippen LogP contribution in [0, 0.1) is 12.3 Å². The normalized spacial score (nSPS) is 15.0. The Labute approximate surface area is 131 Å². The van der Waals surface area contributed by atoms with Crippen molar-refractivity contribution in [2.45, 2.75) is 5.92 Å². The Morgan fingerprint density at radius 1 is 0.955 bits per heavy atom. The van der Waals surface area contributed by atoms with Crippen LogP contribution in [0.15, 0.2) is 30.3 Å². The fourth-order valence-electron chi connectivity index (χ4n) is 3.04. The highest BCUT2D eigenvalue weighted by Crippen LogP contribution is 2.50. The van der Waals surface area contributed by atoms with E-state index in [1.807, 2.05) is 33.1 Å². The van der Waals surface area contributed by atoms with E-state index in [0.717, 1.165) is 33.6 Å². The van der Waals surface area contributed by atoms with Crippen molar-refractivity contribution < 1.29 is 5.11 Å². The molecule has 112 valence electrons. The van der Waals surface area contributed by atoms with Crippen LogP contribution in [0.1, 0.15) is 17.0 Å². The molecule has 1 atom stereocenters. The van der Waals surface area contributed by atoms with Gasteiger partial charge in [0, 0.05) is 51.2 Å². The molecule has 0 spiro atoms. The van der Waals surface area contributed by atoms with Crippen molar-refractivity contribution in [3.8, 4) is 29.2 Å². The van der Waals surface area contributed by atoms with Gasteiger partial charge in [0.05, 0.1) is 5.92 Å². The molecule has 0 amide bonds. The van der Waals surface area contributed by atoms with E-state index in [1.165, 1.54) is 0 Å². The second-order valence-corrected chi connectivity index (χ2v) is 6.09. The molecular weight excluding hydrogens is 272 g/mol. The molecule has 0 saturated heterocycles. The van der Waals surface area contributed by atoms with Crippen molar-refractivity contribution in [1.82, 2.24) is 0 Å². The first-order chi connectivity index (χ1) is 10.4. The van der Waals surface area contributed by atoms with E-state index >= 15 is 0 Å². The molecule has 2 aromatic carbocycles. The van der Waals surface area contributed by atoms with Crippen LogP contribution in [0.4, 0.5) is 11.4 Å². The average Bonchev–Trinajstić information content (AvgIpc) is 2.80. The monoisotopic (exact) mass is 292 g/mol. The van der Waals surface area contributed by atoms with Gasteiger partial charge in [-0.15, -0.1) is 6.42 Å². The third kappa shape index (κ3) is 2.00. The molecule has 0 aliphatic heterocycles. The van der Waals surface area contributed by atoms with Gasteiger partial charge in [-0.05, 0) is 34.9 Å². The lowest BCUT2D eigenvalue weighted by Crippen LogP contribution is -2.09. The van der Waals surface area contributed by atoms with Crippen molar-refractivity contribution in [3.63, 3.8) is 0 Å². The summed E-state index contributed by atoms with van der Waals surface area (Å²) in [6.07, 6.45) is 5.75. The van der Waals surface area contributed by atoms with Crippen molar-refractivity contribution >= 4 is 11.4 Å². The van der Waals surface area contributed by atoms with Crippen LogP contribution in [-0.2, 0) is 0 Å². The van der Waals surface area contributed by atoms with E-state index in [0.29, 0.717) is 0 Å². The third-order valence-corrected chi connectivity index (χ3v) is 4.27. The summed E-state index contributed by atoms with van der Waals surface area (Å²) < 4.78 is 0. The molecule has 0 bridgehead atoms. The molecule has 1 N–H and O–H groups in total. The molecule has 0 aromatic heterocycles. The molecule has 0 radical (unpaired) electrons. The number of nitrogens with zero attached hydrogens (tertiary/aromatic N) is 2. The summed E-state index contributed by atoms with van der Waals surface area (Å²) in [6, 6.07) is 10.2. The zero-order valence-electron chi connectivity index (χ0n) is 13.4. The fraction of sp³-hybridized carbons (Fsp3) is 0.263. The Balaban J connectivity index is 2.30. The highest BCUT2D eigenvalue weighted by atomic mass is 16.3. The molecule has 1 aliphatic carbocycles. The lowest BCUT2D eigenvalue weighted by Gasteiger charge is -2.16. The van der Waals surface area contributed by atoms with Gasteiger partial charge < -0.3 is 14.9 Å². The fourth-order valence-corrected chi connectivity index (χ4v) is 3.04. The van der Waals surface area contributed by atoms with E-state index in [1.54, 1.807) is 6.07 Å². The number of benzene rings is 2. The zero-order valence-corrected chi connectivity index (χ0v) is 13.4. The van der Waals surface area contributed by atoms with Gasteiger partial charge in [-0.2, -0.15) is 0 Å². The summed E-state index contributed by atoms with van der Waals surface area (Å²) in [5.41, 5.74) is 6.18. The first-order valence-corrected chi connectivity index (χ1v) is 7.26. The number of rotatable bonds is 2. The van der Waals surface area contributed by atoms with E-state index in [-0.39, 0.29) is 11.7 Å². The molecule has 1 unspecified atom stereocenters. The van der Waals surface area contributed by atoms with E-state index in [4.69, 9.17) is 6.42 Å². The first-order valence-electron chi connectivity index (χ1n) is 7.26. The predicted molar refractivity (Wildman–Crippen MR) is 92.9 cm³/mol. The predicted octanol–water partition coefficient (Wildman–Crippen LogP) is 3.27. The van der Waals surface area contributed by atoms with Gasteiger partial charge in [-0.3, -0.25) is 0 Å². The quantitative estimate of drug-likeness (QED) is 0.861. The summed E-state index contributed by atoms with van der Waals surface area (Å²) in [5, 5.41) is 10.5. The maximum atomic E-state index is 10.5. The summed E-state index contributed by atoms with van der Waals surface area (Å²) in [7, 11) is 7.96. The topological polar surface area (TPSA) is 26.7 Å². The van der Waals surface area contributed by atoms with Crippen molar-refractivity contribution in [3.05, 3.63) is 41.5 Å². The van der Waals surface area contributed by atoms with Crippen LogP contribution in [0.2, 0.25) is 0 Å². The van der Waals surface area contributed by atoms with E-state index in [9.17, 15) is 5.11 Å². The van der Waals surface area contributed by atoms with Crippen LogP contribution in [0.25, 0.3) is 11.1 Å². The molecule has 0 saturated carbocycles. The number of anilines is 2. The van der Waals surface area contributed by atoms with Crippen LogP contribution in [0.5, 0.6) is 5.75 Å².